The maximum Gasteiger partial charge on any atom is 0.262 e. The van der Waals surface area contributed by atoms with Gasteiger partial charge in [0, 0.05) is 45.5 Å². The fourth-order valence-electron chi connectivity index (χ4n) is 3.76. The summed E-state index contributed by atoms with van der Waals surface area (Å²) in [6, 6.07) is 8.65. The Bertz CT molecular complexity index is 1130. The van der Waals surface area contributed by atoms with Crippen molar-refractivity contribution in [3.63, 3.8) is 0 Å². The summed E-state index contributed by atoms with van der Waals surface area (Å²) < 4.78 is 32.7. The second-order valence-corrected chi connectivity index (χ2v) is 9.78. The molecule has 3 heterocycles. The fraction of sp³-hybridized carbons (Fsp3) is 0.381. The molecule has 32 heavy (non-hydrogen) atoms. The summed E-state index contributed by atoms with van der Waals surface area (Å²) >= 11 is 0. The summed E-state index contributed by atoms with van der Waals surface area (Å²) in [4.78, 5) is 32.4. The van der Waals surface area contributed by atoms with E-state index in [0.717, 1.165) is 10.1 Å². The molecule has 2 aliphatic rings. The van der Waals surface area contributed by atoms with Crippen LogP contribution in [0.25, 0.3) is 0 Å². The maximum absolute atomic E-state index is 13.2. The molecule has 0 spiro atoms. The summed E-state index contributed by atoms with van der Waals surface area (Å²) in [5.41, 5.74) is 0.889. The number of likely N-dealkylation sites (N-methyl/N-ethyl adjacent to an activating group) is 1. The summed E-state index contributed by atoms with van der Waals surface area (Å²) in [6.07, 6.45) is 1.73. The van der Waals surface area contributed by atoms with Gasteiger partial charge < -0.3 is 19.9 Å². The number of rotatable bonds is 5. The van der Waals surface area contributed by atoms with Crippen molar-refractivity contribution < 1.29 is 22.7 Å². The molecular formula is C21H25N5O5S. The van der Waals surface area contributed by atoms with Crippen LogP contribution in [0.15, 0.2) is 41.4 Å². The minimum Gasteiger partial charge on any atom is -0.482 e. The number of hydrogen-bond donors (Lipinski definition) is 1. The van der Waals surface area contributed by atoms with Crippen LogP contribution in [0.3, 0.4) is 0 Å². The zero-order valence-corrected chi connectivity index (χ0v) is 18.8. The SMILES string of the molecule is Cc1cc2c(cc1S(=O)(=O)N(C)CC(=O)N1CCN(c3ccccn3)CC1)OCC(=O)N2. The van der Waals surface area contributed by atoms with Crippen molar-refractivity contribution in [2.45, 2.75) is 11.8 Å². The van der Waals surface area contributed by atoms with Gasteiger partial charge in [-0.25, -0.2) is 13.4 Å². The quantitative estimate of drug-likeness (QED) is 0.700. The number of pyridine rings is 1. The topological polar surface area (TPSA) is 112 Å². The number of ether oxygens (including phenoxy) is 1. The van der Waals surface area contributed by atoms with Crippen LogP contribution in [0.1, 0.15) is 5.56 Å². The lowest BCUT2D eigenvalue weighted by atomic mass is 10.2. The van der Waals surface area contributed by atoms with Gasteiger partial charge in [0.1, 0.15) is 11.6 Å². The third kappa shape index (κ3) is 4.39. The smallest absolute Gasteiger partial charge is 0.262 e. The molecule has 1 saturated heterocycles. The van der Waals surface area contributed by atoms with Gasteiger partial charge in [-0.05, 0) is 30.7 Å². The first-order valence-electron chi connectivity index (χ1n) is 10.2. The summed E-state index contributed by atoms with van der Waals surface area (Å²) in [5.74, 6) is 0.606. The molecule has 0 aliphatic carbocycles. The van der Waals surface area contributed by atoms with Gasteiger partial charge in [0.15, 0.2) is 6.61 Å². The van der Waals surface area contributed by atoms with Crippen LogP contribution >= 0.6 is 0 Å². The highest BCUT2D eigenvalue weighted by Gasteiger charge is 2.30. The van der Waals surface area contributed by atoms with Crippen LogP contribution in [-0.2, 0) is 19.6 Å². The van der Waals surface area contributed by atoms with E-state index in [9.17, 15) is 18.0 Å². The van der Waals surface area contributed by atoms with Crippen LogP contribution < -0.4 is 15.0 Å². The third-order valence-electron chi connectivity index (χ3n) is 5.56. The number of aryl methyl sites for hydroxylation is 1. The summed E-state index contributed by atoms with van der Waals surface area (Å²) in [5, 5.41) is 2.66. The van der Waals surface area contributed by atoms with Gasteiger partial charge in [-0.2, -0.15) is 4.31 Å². The Hall–Kier alpha value is -3.18. The molecular weight excluding hydrogens is 434 g/mol. The third-order valence-corrected chi connectivity index (χ3v) is 7.51. The molecule has 10 nitrogen and oxygen atoms in total. The highest BCUT2D eigenvalue weighted by Crippen LogP contribution is 2.33. The average Bonchev–Trinajstić information content (AvgIpc) is 2.79. The second kappa shape index (κ2) is 8.75. The van der Waals surface area contributed by atoms with Gasteiger partial charge in [0.2, 0.25) is 15.9 Å². The molecule has 0 atom stereocenters. The lowest BCUT2D eigenvalue weighted by Crippen LogP contribution is -2.51. The van der Waals surface area contributed by atoms with E-state index < -0.39 is 10.0 Å². The second-order valence-electron chi connectivity index (χ2n) is 7.77. The van der Waals surface area contributed by atoms with Crippen LogP contribution in [0.4, 0.5) is 11.5 Å². The van der Waals surface area contributed by atoms with Crippen molar-refractivity contribution in [1.29, 1.82) is 0 Å². The monoisotopic (exact) mass is 459 g/mol. The van der Waals surface area contributed by atoms with Gasteiger partial charge in [-0.15, -0.1) is 0 Å². The molecule has 2 amide bonds. The predicted molar refractivity (Wildman–Crippen MR) is 118 cm³/mol. The summed E-state index contributed by atoms with van der Waals surface area (Å²) in [6.45, 7) is 3.46. The Morgan fingerprint density at radius 3 is 2.66 bits per heavy atom. The highest BCUT2D eigenvalue weighted by molar-refractivity contribution is 7.89. The lowest BCUT2D eigenvalue weighted by Gasteiger charge is -2.36. The molecule has 1 aromatic heterocycles. The molecule has 0 unspecified atom stereocenters. The first-order chi connectivity index (χ1) is 15.3. The number of amides is 2. The van der Waals surface area contributed by atoms with Crippen molar-refractivity contribution in [3.8, 4) is 5.75 Å². The fourth-order valence-corrected chi connectivity index (χ4v) is 5.10. The van der Waals surface area contributed by atoms with Crippen molar-refractivity contribution in [2.24, 2.45) is 0 Å². The van der Waals surface area contributed by atoms with Crippen LogP contribution in [-0.4, -0.2) is 80.8 Å². The number of anilines is 2. The zero-order chi connectivity index (χ0) is 22.9. The molecule has 1 aromatic carbocycles. The lowest BCUT2D eigenvalue weighted by molar-refractivity contribution is -0.131. The normalized spacial score (nSPS) is 16.4. The van der Waals surface area contributed by atoms with E-state index in [2.05, 4.69) is 15.2 Å². The Kier molecular flexibility index (Phi) is 6.02. The molecule has 0 saturated carbocycles. The van der Waals surface area contributed by atoms with E-state index in [-0.39, 0.29) is 29.9 Å². The average molecular weight is 460 g/mol. The van der Waals surface area contributed by atoms with E-state index in [1.807, 2.05) is 18.2 Å². The molecule has 170 valence electrons. The molecule has 0 radical (unpaired) electrons. The predicted octanol–water partition coefficient (Wildman–Crippen LogP) is 0.690. The number of hydrogen-bond acceptors (Lipinski definition) is 7. The molecule has 2 aliphatic heterocycles. The van der Waals surface area contributed by atoms with Crippen LogP contribution in [0, 0.1) is 6.92 Å². The van der Waals surface area contributed by atoms with Crippen LogP contribution in [0.2, 0.25) is 0 Å². The van der Waals surface area contributed by atoms with Gasteiger partial charge in [-0.3, -0.25) is 9.59 Å². The maximum atomic E-state index is 13.2. The summed E-state index contributed by atoms with van der Waals surface area (Å²) in [7, 11) is -2.54. The minimum absolute atomic E-state index is 0.0441. The Morgan fingerprint density at radius 2 is 1.97 bits per heavy atom. The number of carbonyl (C=O) groups excluding carboxylic acids is 2. The molecule has 11 heteroatoms. The highest BCUT2D eigenvalue weighted by atomic mass is 32.2. The Morgan fingerprint density at radius 1 is 1.22 bits per heavy atom. The number of nitrogens with zero attached hydrogens (tertiary/aromatic N) is 4. The van der Waals surface area contributed by atoms with Gasteiger partial charge in [0.05, 0.1) is 17.1 Å². The zero-order valence-electron chi connectivity index (χ0n) is 17.9. The van der Waals surface area contributed by atoms with E-state index in [1.54, 1.807) is 24.1 Å². The number of carbonyl (C=O) groups is 2. The molecule has 4 rings (SSSR count). The van der Waals surface area contributed by atoms with Crippen LogP contribution in [0.5, 0.6) is 5.75 Å². The first-order valence-corrected chi connectivity index (χ1v) is 11.7. The number of fused-ring (bicyclic) bond motifs is 1. The Balaban J connectivity index is 1.42. The molecule has 1 N–H and O–H groups in total. The van der Waals surface area contributed by atoms with E-state index in [0.29, 0.717) is 43.2 Å². The van der Waals surface area contributed by atoms with E-state index >= 15 is 0 Å². The van der Waals surface area contributed by atoms with E-state index in [1.165, 1.54) is 13.1 Å². The first kappa shape index (κ1) is 22.0. The number of piperazine rings is 1. The van der Waals surface area contributed by atoms with Gasteiger partial charge in [-0.1, -0.05) is 6.07 Å². The number of nitrogens with one attached hydrogen (secondary N) is 1. The number of sulfonamides is 1. The van der Waals surface area contributed by atoms with Crippen molar-refractivity contribution in [1.82, 2.24) is 14.2 Å². The van der Waals surface area contributed by atoms with E-state index in [4.69, 9.17) is 4.74 Å². The van der Waals surface area contributed by atoms with Gasteiger partial charge >= 0.3 is 0 Å². The Labute approximate surface area is 186 Å². The van der Waals surface area contributed by atoms with Crippen molar-refractivity contribution >= 4 is 33.3 Å². The molecule has 0 bridgehead atoms. The minimum atomic E-state index is -3.93. The molecule has 2 aromatic rings. The number of benzene rings is 1. The standard InChI is InChI=1S/C21H25N5O5S/c1-15-11-16-17(31-14-20(27)23-16)12-18(15)32(29,30)24(2)13-21(28)26-9-7-25(8-10-26)19-5-3-4-6-22-19/h3-6,11-12H,7-10,13-14H2,1-2H3,(H,23,27). The number of aromatic nitrogens is 1. The molecule has 1 fully saturated rings. The van der Waals surface area contributed by atoms with Gasteiger partial charge in [0.25, 0.3) is 5.91 Å². The van der Waals surface area contributed by atoms with Crippen molar-refractivity contribution in [2.75, 3.05) is 56.6 Å². The largest absolute Gasteiger partial charge is 0.482 e. The van der Waals surface area contributed by atoms with Crippen molar-refractivity contribution in [3.05, 3.63) is 42.1 Å².